The number of hydrogen-bond donors (Lipinski definition) is 0. The van der Waals surface area contributed by atoms with Crippen LogP contribution in [-0.4, -0.2) is 17.1 Å². The van der Waals surface area contributed by atoms with Gasteiger partial charge in [0.25, 0.3) is 0 Å². The van der Waals surface area contributed by atoms with Crippen LogP contribution in [0.25, 0.3) is 0 Å². The normalized spacial score (nSPS) is 22.7. The predicted molar refractivity (Wildman–Crippen MR) is 98.4 cm³/mol. The number of thiocarbonyl (C=S) groups is 1. The maximum atomic E-state index is 5.86. The molecule has 1 aliphatic heterocycles. The number of methoxy groups -OCH3 is 1. The average molecular weight is 343 g/mol. The van der Waals surface area contributed by atoms with E-state index in [2.05, 4.69) is 25.1 Å². The zero-order valence-electron chi connectivity index (χ0n) is 11.6. The molecule has 0 saturated heterocycles. The van der Waals surface area contributed by atoms with Crippen LogP contribution >= 0.6 is 47.5 Å². The molecule has 0 radical (unpaired) electrons. The van der Waals surface area contributed by atoms with Crippen molar-refractivity contribution in [3.63, 3.8) is 0 Å². The number of hydrogen-bond acceptors (Lipinski definition) is 5. The Morgan fingerprint density at radius 1 is 1.25 bits per heavy atom. The lowest BCUT2D eigenvalue weighted by Crippen LogP contribution is -2.24. The fourth-order valence-electron chi connectivity index (χ4n) is 1.79. The summed E-state index contributed by atoms with van der Waals surface area (Å²) in [5.74, 6) is 1.14. The number of unbranched alkanes of at least 4 members (excludes halogenated alkanes) is 1. The van der Waals surface area contributed by atoms with Gasteiger partial charge in [0.1, 0.15) is 0 Å². The molecule has 1 unspecified atom stereocenters. The van der Waals surface area contributed by atoms with Crippen molar-refractivity contribution in [3.05, 3.63) is 46.2 Å². The van der Waals surface area contributed by atoms with E-state index >= 15 is 0 Å². The molecule has 1 atom stereocenters. The second kappa shape index (κ2) is 7.90. The van der Waals surface area contributed by atoms with Crippen molar-refractivity contribution >= 4 is 51.7 Å². The topological polar surface area (TPSA) is 9.23 Å². The van der Waals surface area contributed by atoms with Crippen molar-refractivity contribution < 1.29 is 4.74 Å². The van der Waals surface area contributed by atoms with Gasteiger partial charge in [0.2, 0.25) is 0 Å². The summed E-state index contributed by atoms with van der Waals surface area (Å²) in [6, 6.07) is 10.3. The lowest BCUT2D eigenvalue weighted by Gasteiger charge is -2.34. The molecule has 1 aliphatic rings. The quantitative estimate of drug-likeness (QED) is 0.488. The molecular weight excluding hydrogens is 324 g/mol. The summed E-state index contributed by atoms with van der Waals surface area (Å²) in [6.07, 6.45) is 4.55. The largest absolute Gasteiger partial charge is 0.353 e. The van der Waals surface area contributed by atoms with E-state index in [-0.39, 0.29) is 0 Å². The molecule has 0 spiro atoms. The van der Waals surface area contributed by atoms with Crippen molar-refractivity contribution in [2.75, 3.05) is 12.9 Å². The zero-order valence-corrected chi connectivity index (χ0v) is 14.9. The van der Waals surface area contributed by atoms with Crippen molar-refractivity contribution in [2.45, 2.75) is 24.0 Å². The molecule has 0 N–H and O–H groups in total. The van der Waals surface area contributed by atoms with Crippen LogP contribution in [0.4, 0.5) is 0 Å². The van der Waals surface area contributed by atoms with E-state index in [1.165, 1.54) is 17.1 Å². The summed E-state index contributed by atoms with van der Waals surface area (Å²) < 4.78 is 7.57. The standard InChI is InChI=1S/C15H18OS4/c1-3-4-10-18-14-11-13(17)19-15(16-2,20-14)12-8-6-5-7-9-12/h5-9,11H,3-4,10H2,1-2H3. The number of ether oxygens (including phenoxy) is 1. The predicted octanol–water partition coefficient (Wildman–Crippen LogP) is 5.63. The van der Waals surface area contributed by atoms with E-state index in [0.29, 0.717) is 0 Å². The molecule has 0 saturated carbocycles. The molecular formula is C15H18OS4. The molecule has 0 fully saturated rings. The molecule has 0 bridgehead atoms. The summed E-state index contributed by atoms with van der Waals surface area (Å²) in [6.45, 7) is 2.22. The summed E-state index contributed by atoms with van der Waals surface area (Å²) in [7, 11) is 1.76. The zero-order chi connectivity index (χ0) is 14.4. The van der Waals surface area contributed by atoms with E-state index in [4.69, 9.17) is 17.0 Å². The first-order chi connectivity index (χ1) is 9.70. The molecule has 5 heteroatoms. The van der Waals surface area contributed by atoms with E-state index in [0.717, 1.165) is 15.5 Å². The van der Waals surface area contributed by atoms with Crippen molar-refractivity contribution in [3.8, 4) is 0 Å². The molecule has 1 aromatic rings. The highest BCUT2D eigenvalue weighted by Gasteiger charge is 2.39. The van der Waals surface area contributed by atoms with Crippen molar-refractivity contribution in [2.24, 2.45) is 0 Å². The molecule has 1 nitrogen and oxygen atoms in total. The Hall–Kier alpha value is 0.0600. The molecule has 0 amide bonds. The van der Waals surface area contributed by atoms with Gasteiger partial charge in [-0.15, -0.1) is 11.8 Å². The smallest absolute Gasteiger partial charge is 0.196 e. The number of thioether (sulfide) groups is 3. The number of benzene rings is 1. The van der Waals surface area contributed by atoms with E-state index in [1.54, 1.807) is 30.6 Å². The van der Waals surface area contributed by atoms with Gasteiger partial charge in [-0.2, -0.15) is 0 Å². The Bertz CT molecular complexity index is 486. The minimum atomic E-state index is -0.443. The third kappa shape index (κ3) is 4.04. The number of rotatable bonds is 6. The van der Waals surface area contributed by atoms with Crippen LogP contribution in [0.1, 0.15) is 25.3 Å². The van der Waals surface area contributed by atoms with Gasteiger partial charge < -0.3 is 4.74 Å². The minimum Gasteiger partial charge on any atom is -0.353 e. The lowest BCUT2D eigenvalue weighted by molar-refractivity contribution is 0.148. The van der Waals surface area contributed by atoms with Crippen LogP contribution < -0.4 is 0 Å². The summed E-state index contributed by atoms with van der Waals surface area (Å²) in [5.41, 5.74) is 1.15. The molecule has 0 aromatic heterocycles. The minimum absolute atomic E-state index is 0.443. The van der Waals surface area contributed by atoms with Crippen molar-refractivity contribution in [1.82, 2.24) is 0 Å². The van der Waals surface area contributed by atoms with Crippen molar-refractivity contribution in [1.29, 1.82) is 0 Å². The van der Waals surface area contributed by atoms with Crippen LogP contribution in [0.3, 0.4) is 0 Å². The highest BCUT2D eigenvalue weighted by molar-refractivity contribution is 8.36. The molecule has 1 heterocycles. The SMILES string of the molecule is CCCCSC1=CC(=S)SC(OC)(c2ccccc2)S1. The van der Waals surface area contributed by atoms with E-state index in [1.807, 2.05) is 30.0 Å². The summed E-state index contributed by atoms with van der Waals surface area (Å²) in [5, 5.41) is 0. The van der Waals surface area contributed by atoms with Gasteiger partial charge in [0, 0.05) is 16.9 Å². The highest BCUT2D eigenvalue weighted by atomic mass is 32.2. The molecule has 0 aliphatic carbocycles. The van der Waals surface area contributed by atoms with Crippen LogP contribution in [0.15, 0.2) is 40.6 Å². The fraction of sp³-hybridized carbons (Fsp3) is 0.400. The summed E-state index contributed by atoms with van der Waals surface area (Å²) >= 11 is 10.7. The molecule has 108 valence electrons. The van der Waals surface area contributed by atoms with E-state index in [9.17, 15) is 0 Å². The maximum absolute atomic E-state index is 5.86. The van der Waals surface area contributed by atoms with Crippen LogP contribution in [0.5, 0.6) is 0 Å². The Morgan fingerprint density at radius 3 is 2.65 bits per heavy atom. The molecule has 1 aromatic carbocycles. The van der Waals surface area contributed by atoms with E-state index < -0.39 is 4.27 Å². The van der Waals surface area contributed by atoms with Gasteiger partial charge in [-0.3, -0.25) is 0 Å². The van der Waals surface area contributed by atoms with Gasteiger partial charge in [-0.25, -0.2) is 0 Å². The Balaban J connectivity index is 2.19. The van der Waals surface area contributed by atoms with Gasteiger partial charge in [-0.1, -0.05) is 79.4 Å². The second-order valence-electron chi connectivity index (χ2n) is 4.31. The van der Waals surface area contributed by atoms with Gasteiger partial charge in [-0.05, 0) is 18.2 Å². The monoisotopic (exact) mass is 342 g/mol. The Kier molecular flexibility index (Phi) is 6.49. The van der Waals surface area contributed by atoms with Crippen LogP contribution in [0.2, 0.25) is 0 Å². The fourth-order valence-corrected chi connectivity index (χ4v) is 6.81. The first kappa shape index (κ1) is 16.4. The molecule has 2 rings (SSSR count). The third-order valence-electron chi connectivity index (χ3n) is 2.84. The summed E-state index contributed by atoms with van der Waals surface area (Å²) in [4.78, 5) is 0. The maximum Gasteiger partial charge on any atom is 0.196 e. The highest BCUT2D eigenvalue weighted by Crippen LogP contribution is 2.56. The average Bonchev–Trinajstić information content (AvgIpc) is 2.48. The van der Waals surface area contributed by atoms with Gasteiger partial charge in [0.15, 0.2) is 4.27 Å². The lowest BCUT2D eigenvalue weighted by atomic mass is 10.2. The third-order valence-corrected chi connectivity index (χ3v) is 7.19. The van der Waals surface area contributed by atoms with Gasteiger partial charge in [0.05, 0.1) is 4.20 Å². The Morgan fingerprint density at radius 2 is 2.00 bits per heavy atom. The molecule has 20 heavy (non-hydrogen) atoms. The van der Waals surface area contributed by atoms with Crippen LogP contribution in [0, 0.1) is 0 Å². The van der Waals surface area contributed by atoms with Gasteiger partial charge >= 0.3 is 0 Å². The first-order valence-corrected chi connectivity index (χ1v) is 9.60. The first-order valence-electron chi connectivity index (χ1n) is 6.57. The van der Waals surface area contributed by atoms with Crippen LogP contribution in [-0.2, 0) is 9.00 Å². The second-order valence-corrected chi connectivity index (χ2v) is 9.10. The Labute approximate surface area is 139 Å².